The Labute approximate surface area is 266 Å². The van der Waals surface area contributed by atoms with Crippen molar-refractivity contribution in [3.8, 4) is 36.6 Å². The van der Waals surface area contributed by atoms with Crippen LogP contribution in [-0.2, 0) is 6.18 Å². The van der Waals surface area contributed by atoms with Gasteiger partial charge in [0.1, 0.15) is 41.0 Å². The summed E-state index contributed by atoms with van der Waals surface area (Å²) in [5, 5.41) is 38.1. The monoisotopic (exact) mass is 714 g/mol. The fourth-order valence-electron chi connectivity index (χ4n) is 4.68. The summed E-state index contributed by atoms with van der Waals surface area (Å²) < 4.78 is 217. The van der Waals surface area contributed by atoms with Crippen LogP contribution in [0.4, 0.5) is 65.9 Å². The lowest BCUT2D eigenvalue weighted by atomic mass is 9.98. The number of halogens is 15. The molecule has 0 aromatic heterocycles. The predicted molar refractivity (Wildman–Crippen MR) is 134 cm³/mol. The molecule has 0 bridgehead atoms. The molecule has 0 radical (unpaired) electrons. The van der Waals surface area contributed by atoms with E-state index in [1.54, 1.807) is 0 Å². The second-order valence-electron chi connectivity index (χ2n) is 9.36. The lowest BCUT2D eigenvalue weighted by molar-refractivity contribution is -0.143. The first kappa shape index (κ1) is 36.2. The smallest absolute Gasteiger partial charge is 0.203 e. The second-order valence-corrected chi connectivity index (χ2v) is 9.36. The molecule has 1 aliphatic rings. The number of alkyl halides is 3. The van der Waals surface area contributed by atoms with Gasteiger partial charge >= 0.3 is 6.18 Å². The Kier molecular flexibility index (Phi) is 8.99. The van der Waals surface area contributed by atoms with Gasteiger partial charge < -0.3 is 0 Å². The number of terminal acetylenes is 1. The third-order valence-corrected chi connectivity index (χ3v) is 6.85. The van der Waals surface area contributed by atoms with Gasteiger partial charge in [-0.25, -0.2) is 52.7 Å². The van der Waals surface area contributed by atoms with Crippen LogP contribution >= 0.6 is 0 Å². The highest BCUT2D eigenvalue weighted by atomic mass is 19.4. The molecular weight excluding hydrogens is 713 g/mol. The van der Waals surface area contributed by atoms with Gasteiger partial charge in [0, 0.05) is 16.7 Å². The van der Waals surface area contributed by atoms with E-state index in [9.17, 15) is 55.3 Å². The summed E-state index contributed by atoms with van der Waals surface area (Å²) in [7, 11) is 0. The summed E-state index contributed by atoms with van der Waals surface area (Å²) in [4.78, 5) is 0. The van der Waals surface area contributed by atoms with Crippen LogP contribution in [0.2, 0.25) is 0 Å². The van der Waals surface area contributed by atoms with Gasteiger partial charge in [-0.3, -0.25) is 0 Å². The Morgan fingerprint density at radius 1 is 0.420 bits per heavy atom. The van der Waals surface area contributed by atoms with E-state index in [1.165, 1.54) is 5.92 Å². The molecule has 1 fully saturated rings. The van der Waals surface area contributed by atoms with Crippen LogP contribution < -0.4 is 0 Å². The van der Waals surface area contributed by atoms with Gasteiger partial charge in [0.25, 0.3) is 0 Å². The summed E-state index contributed by atoms with van der Waals surface area (Å²) in [5.74, 6) is -31.4. The molecule has 3 aromatic rings. The van der Waals surface area contributed by atoms with E-state index in [0.717, 1.165) is 24.3 Å². The fraction of sp³-hybridized carbons (Fsp3) is 0.0323. The minimum Gasteiger partial charge on any atom is -0.203 e. The molecule has 1 saturated carbocycles. The first-order chi connectivity index (χ1) is 23.3. The topological polar surface area (TPSA) is 95.2 Å². The average molecular weight is 714 g/mol. The van der Waals surface area contributed by atoms with Crippen LogP contribution in [0.15, 0.2) is 16.7 Å². The highest BCUT2D eigenvalue weighted by molar-refractivity contribution is 6.12. The summed E-state index contributed by atoms with van der Waals surface area (Å²) in [6, 6.07) is 3.28. The number of nitrogens with zero attached hydrogens (tertiary/aromatic N) is 4. The number of hydrogen-bond acceptors (Lipinski definition) is 4. The second kappa shape index (κ2) is 12.4. The normalized spacial score (nSPS) is 15.3. The highest BCUT2D eigenvalue weighted by Gasteiger charge is 2.48. The molecule has 4 rings (SSSR count). The van der Waals surface area contributed by atoms with Gasteiger partial charge in [0.05, 0.1) is 33.4 Å². The van der Waals surface area contributed by atoms with Crippen LogP contribution in [0.5, 0.6) is 0 Å². The summed E-state index contributed by atoms with van der Waals surface area (Å²) in [6.45, 7) is 0. The molecule has 0 unspecified atom stereocenters. The van der Waals surface area contributed by atoms with E-state index in [0.29, 0.717) is 0 Å². The molecular formula is C31HF15N4. The third kappa shape index (κ3) is 5.06. The van der Waals surface area contributed by atoms with Crippen molar-refractivity contribution in [3.05, 3.63) is 120 Å². The minimum absolute atomic E-state index is 0.723. The first-order valence-corrected chi connectivity index (χ1v) is 12.3. The van der Waals surface area contributed by atoms with Crippen LogP contribution in [-0.4, -0.2) is 0 Å². The largest absolute Gasteiger partial charge is 0.422 e. The molecule has 0 N–H and O–H groups in total. The zero-order valence-electron chi connectivity index (χ0n) is 23.0. The van der Waals surface area contributed by atoms with Crippen molar-refractivity contribution in [2.75, 3.05) is 0 Å². The van der Waals surface area contributed by atoms with Crippen LogP contribution in [0.25, 0.3) is 16.7 Å². The molecule has 50 heavy (non-hydrogen) atoms. The number of hydrogen-bond donors (Lipinski definition) is 0. The predicted octanol–water partition coefficient (Wildman–Crippen LogP) is 8.47. The van der Waals surface area contributed by atoms with E-state index < -0.39 is 143 Å². The van der Waals surface area contributed by atoms with Crippen molar-refractivity contribution in [3.63, 3.8) is 0 Å². The summed E-state index contributed by atoms with van der Waals surface area (Å²) >= 11 is 0. The van der Waals surface area contributed by atoms with E-state index in [4.69, 9.17) is 11.7 Å². The molecule has 250 valence electrons. The molecule has 0 amide bonds. The van der Waals surface area contributed by atoms with Crippen LogP contribution in [0.1, 0.15) is 33.4 Å². The molecule has 3 aromatic carbocycles. The molecule has 4 nitrogen and oxygen atoms in total. The minimum atomic E-state index is -6.14. The maximum absolute atomic E-state index is 15.1. The molecule has 1 aliphatic carbocycles. The molecule has 0 heterocycles. The van der Waals surface area contributed by atoms with Gasteiger partial charge in [-0.15, -0.1) is 6.42 Å². The van der Waals surface area contributed by atoms with Crippen molar-refractivity contribution >= 4 is 16.7 Å². The lowest BCUT2D eigenvalue weighted by Gasteiger charge is -2.13. The fourth-order valence-corrected chi connectivity index (χ4v) is 4.68. The van der Waals surface area contributed by atoms with Crippen molar-refractivity contribution in [1.29, 1.82) is 21.0 Å². The molecule has 0 aliphatic heterocycles. The number of rotatable bonds is 3. The average Bonchev–Trinajstić information content (AvgIpc) is 3.77. The molecule has 0 atom stereocenters. The van der Waals surface area contributed by atoms with Crippen LogP contribution in [0.3, 0.4) is 0 Å². The number of nitriles is 4. The molecule has 0 saturated heterocycles. The van der Waals surface area contributed by atoms with E-state index >= 15 is 26.3 Å². The maximum Gasteiger partial charge on any atom is 0.422 e. The van der Waals surface area contributed by atoms with E-state index in [1.807, 2.05) is 0 Å². The number of allylic oxidation sites excluding steroid dienone is 6. The van der Waals surface area contributed by atoms with E-state index in [-0.39, 0.29) is 0 Å². The van der Waals surface area contributed by atoms with Gasteiger partial charge in [-0.2, -0.15) is 34.2 Å². The zero-order valence-corrected chi connectivity index (χ0v) is 23.0. The Hall–Kier alpha value is -6.65. The Morgan fingerprint density at radius 2 is 0.680 bits per heavy atom. The Bertz CT molecular complexity index is 2230. The molecule has 19 heteroatoms. The van der Waals surface area contributed by atoms with E-state index in [2.05, 4.69) is 0 Å². The quantitative estimate of drug-likeness (QED) is 0.118. The maximum atomic E-state index is 15.1. The number of benzene rings is 3. The van der Waals surface area contributed by atoms with Crippen molar-refractivity contribution in [2.24, 2.45) is 0 Å². The molecule has 0 spiro atoms. The standard InChI is InChI=1S/C31HF15N4/c1-2-7-19(32)23(36)15(24(37)20(7)33)8(3-47)12-13(9(4-48)16-25(38)21(34)11(6-50)22(35)26(16)39)14(12)10(5-49)17-27(40)29(42)18(31(44,45)46)30(43)28(17)41/h1H/b12-8-,13-9+,14-10-. The highest BCUT2D eigenvalue weighted by Crippen LogP contribution is 2.57. The lowest BCUT2D eigenvalue weighted by Crippen LogP contribution is -2.17. The zero-order chi connectivity index (χ0) is 37.9. The van der Waals surface area contributed by atoms with Gasteiger partial charge in [-0.05, 0) is 0 Å². The van der Waals surface area contributed by atoms with Crippen LogP contribution in [0, 0.1) is 127 Å². The summed E-state index contributed by atoms with van der Waals surface area (Å²) in [5.41, 5.74) is -24.1. The third-order valence-electron chi connectivity index (χ3n) is 6.85. The van der Waals surface area contributed by atoms with Gasteiger partial charge in [0.2, 0.25) is 0 Å². The Morgan fingerprint density at radius 3 is 0.900 bits per heavy atom. The van der Waals surface area contributed by atoms with Crippen molar-refractivity contribution in [1.82, 2.24) is 0 Å². The van der Waals surface area contributed by atoms with Gasteiger partial charge in [-0.1, -0.05) is 5.92 Å². The van der Waals surface area contributed by atoms with Crippen molar-refractivity contribution < 1.29 is 65.9 Å². The Balaban J connectivity index is 2.38. The SMILES string of the molecule is C#Cc1c(F)c(F)c(/C(C#N)=C2/C(=C(/C#N)c3c(F)c(F)c(C#N)c(F)c3F)/C2=C(/C#N)c2c(F)c(F)c(C(F)(F)F)c(F)c2F)c(F)c1F. The summed E-state index contributed by atoms with van der Waals surface area (Å²) in [6.07, 6.45) is -1.35. The first-order valence-electron chi connectivity index (χ1n) is 12.3. The van der Waals surface area contributed by atoms with Crippen molar-refractivity contribution in [2.45, 2.75) is 6.18 Å². The van der Waals surface area contributed by atoms with Gasteiger partial charge in [0.15, 0.2) is 69.8 Å².